The van der Waals surface area contributed by atoms with Gasteiger partial charge in [-0.2, -0.15) is 0 Å². The van der Waals surface area contributed by atoms with E-state index in [0.29, 0.717) is 6.61 Å². The predicted octanol–water partition coefficient (Wildman–Crippen LogP) is 3.12. The molecule has 20 heavy (non-hydrogen) atoms. The molecule has 0 aliphatic carbocycles. The highest BCUT2D eigenvalue weighted by Gasteiger charge is 2.49. The third-order valence-electron chi connectivity index (χ3n) is 3.82. The molecule has 0 aromatic carbocycles. The minimum absolute atomic E-state index is 0.316. The van der Waals surface area contributed by atoms with Gasteiger partial charge in [0.05, 0.1) is 24.0 Å². The Morgan fingerprint density at radius 3 is 2.50 bits per heavy atom. The summed E-state index contributed by atoms with van der Waals surface area (Å²) in [5, 5.41) is 0. The van der Waals surface area contributed by atoms with Crippen LogP contribution in [0, 0.1) is 0 Å². The van der Waals surface area contributed by atoms with Crippen molar-refractivity contribution in [2.45, 2.75) is 45.8 Å². The van der Waals surface area contributed by atoms with Gasteiger partial charge in [-0.15, -0.1) is 0 Å². The summed E-state index contributed by atoms with van der Waals surface area (Å²) in [6.45, 7) is 10.7. The molecule has 0 N–H and O–H groups in total. The number of hydrogen-bond acceptors (Lipinski definition) is 4. The lowest BCUT2D eigenvalue weighted by molar-refractivity contribution is 0.00578. The fourth-order valence-electron chi connectivity index (χ4n) is 1.95. The molecule has 108 valence electrons. The Kier molecular flexibility index (Phi) is 4.21. The molecule has 0 atom stereocenters. The lowest BCUT2D eigenvalue weighted by Crippen LogP contribution is -2.41. The molecule has 0 saturated carbocycles. The van der Waals surface area contributed by atoms with Gasteiger partial charge in [-0.05, 0) is 40.7 Å². The van der Waals surface area contributed by atoms with Crippen molar-refractivity contribution in [1.29, 1.82) is 0 Å². The molecule has 0 unspecified atom stereocenters. The Labute approximate surface area is 121 Å². The first-order chi connectivity index (χ1) is 9.36. The van der Waals surface area contributed by atoms with E-state index in [1.807, 2.05) is 52.7 Å². The van der Waals surface area contributed by atoms with Crippen LogP contribution in [0.2, 0.25) is 0 Å². The van der Waals surface area contributed by atoms with Gasteiger partial charge in [0.25, 0.3) is 0 Å². The maximum Gasteiger partial charge on any atom is 0.487 e. The first-order valence-electron chi connectivity index (χ1n) is 6.96. The van der Waals surface area contributed by atoms with Crippen molar-refractivity contribution < 1.29 is 14.0 Å². The van der Waals surface area contributed by atoms with E-state index >= 15 is 0 Å². The molecule has 1 saturated heterocycles. The van der Waals surface area contributed by atoms with Gasteiger partial charge in [0.2, 0.25) is 0 Å². The Hall–Kier alpha value is -1.33. The van der Waals surface area contributed by atoms with E-state index in [2.05, 4.69) is 4.98 Å². The van der Waals surface area contributed by atoms with Crippen molar-refractivity contribution >= 4 is 13.2 Å². The molecule has 0 radical (unpaired) electrons. The molecule has 2 heterocycles. The van der Waals surface area contributed by atoms with Crippen LogP contribution < -0.4 is 4.74 Å². The van der Waals surface area contributed by atoms with Gasteiger partial charge in [-0.3, -0.25) is 4.98 Å². The average molecular weight is 275 g/mol. The molecule has 0 amide bonds. The van der Waals surface area contributed by atoms with Gasteiger partial charge in [-0.25, -0.2) is 0 Å². The van der Waals surface area contributed by atoms with Crippen LogP contribution in [0.3, 0.4) is 0 Å². The summed E-state index contributed by atoms with van der Waals surface area (Å²) in [6.07, 6.45) is 5.41. The van der Waals surface area contributed by atoms with E-state index in [-0.39, 0.29) is 18.3 Å². The van der Waals surface area contributed by atoms with Crippen LogP contribution in [-0.2, 0) is 9.31 Å². The summed E-state index contributed by atoms with van der Waals surface area (Å²) in [5.41, 5.74) is 0.336. The Morgan fingerprint density at radius 2 is 1.90 bits per heavy atom. The Balaban J connectivity index is 2.12. The van der Waals surface area contributed by atoms with Crippen LogP contribution in [0.5, 0.6) is 5.75 Å². The Bertz CT molecular complexity index is 484. The third kappa shape index (κ3) is 3.05. The minimum Gasteiger partial charge on any atom is -0.492 e. The highest BCUT2D eigenvalue weighted by atomic mass is 16.7. The van der Waals surface area contributed by atoms with Crippen LogP contribution in [0.15, 0.2) is 24.4 Å². The zero-order valence-electron chi connectivity index (χ0n) is 12.8. The van der Waals surface area contributed by atoms with Crippen molar-refractivity contribution in [1.82, 2.24) is 4.98 Å². The zero-order valence-corrected chi connectivity index (χ0v) is 12.8. The largest absolute Gasteiger partial charge is 0.492 e. The second-order valence-electron chi connectivity index (χ2n) is 5.83. The van der Waals surface area contributed by atoms with E-state index in [4.69, 9.17) is 14.0 Å². The van der Waals surface area contributed by atoms with Gasteiger partial charge in [0, 0.05) is 11.8 Å². The summed E-state index contributed by atoms with van der Waals surface area (Å²) < 4.78 is 17.4. The SMILES string of the molecule is CCOc1cnccc1/C=C/B1OC(C)(C)C(C)(C)O1. The number of hydrogen-bond donors (Lipinski definition) is 0. The maximum atomic E-state index is 5.92. The van der Waals surface area contributed by atoms with Crippen molar-refractivity contribution in [3.63, 3.8) is 0 Å². The summed E-state index contributed by atoms with van der Waals surface area (Å²) in [7, 11) is -0.345. The quantitative estimate of drug-likeness (QED) is 0.791. The highest BCUT2D eigenvalue weighted by Crippen LogP contribution is 2.37. The molecule has 0 spiro atoms. The van der Waals surface area contributed by atoms with E-state index in [1.54, 1.807) is 12.4 Å². The molecule has 0 bridgehead atoms. The fraction of sp³-hybridized carbons (Fsp3) is 0.533. The predicted molar refractivity (Wildman–Crippen MR) is 80.5 cm³/mol. The molecule has 5 heteroatoms. The molecular formula is C15H22BNO3. The van der Waals surface area contributed by atoms with E-state index in [9.17, 15) is 0 Å². The number of aromatic nitrogens is 1. The van der Waals surface area contributed by atoms with Crippen LogP contribution in [0.1, 0.15) is 40.2 Å². The monoisotopic (exact) mass is 275 g/mol. The molecule has 1 fully saturated rings. The van der Waals surface area contributed by atoms with Gasteiger partial charge in [-0.1, -0.05) is 12.1 Å². The molecule has 1 aromatic rings. The van der Waals surface area contributed by atoms with E-state index < -0.39 is 0 Å². The summed E-state index contributed by atoms with van der Waals surface area (Å²) in [5.74, 6) is 2.68. The smallest absolute Gasteiger partial charge is 0.487 e. The molecule has 1 aromatic heterocycles. The van der Waals surface area contributed by atoms with Crippen LogP contribution >= 0.6 is 0 Å². The number of pyridine rings is 1. The normalized spacial score (nSPS) is 20.6. The molecule has 1 aliphatic heterocycles. The van der Waals surface area contributed by atoms with Gasteiger partial charge in [0.15, 0.2) is 0 Å². The van der Waals surface area contributed by atoms with E-state index in [1.165, 1.54) is 0 Å². The summed E-state index contributed by atoms with van der Waals surface area (Å²) in [6, 6.07) is 1.91. The summed E-state index contributed by atoms with van der Waals surface area (Å²) >= 11 is 0. The maximum absolute atomic E-state index is 5.92. The number of ether oxygens (including phenoxy) is 1. The van der Waals surface area contributed by atoms with E-state index in [0.717, 1.165) is 11.3 Å². The van der Waals surface area contributed by atoms with Crippen molar-refractivity contribution in [2.24, 2.45) is 0 Å². The fourth-order valence-corrected chi connectivity index (χ4v) is 1.95. The second kappa shape index (κ2) is 5.58. The highest BCUT2D eigenvalue weighted by molar-refractivity contribution is 6.52. The number of nitrogens with zero attached hydrogens (tertiary/aromatic N) is 1. The molecule has 4 nitrogen and oxygen atoms in total. The standard InChI is InChI=1S/C15H22BNO3/c1-6-18-13-11-17-10-8-12(13)7-9-16-19-14(2,3)15(4,5)20-16/h7-11H,6H2,1-5H3/b9-7+. The van der Waals surface area contributed by atoms with Crippen LogP contribution in [-0.4, -0.2) is 29.9 Å². The first kappa shape index (κ1) is 15.1. The molecule has 1 aliphatic rings. The number of rotatable bonds is 4. The third-order valence-corrected chi connectivity index (χ3v) is 3.82. The Morgan fingerprint density at radius 1 is 1.25 bits per heavy atom. The van der Waals surface area contributed by atoms with Crippen molar-refractivity contribution in [2.75, 3.05) is 6.61 Å². The zero-order chi connectivity index (χ0) is 14.8. The van der Waals surface area contributed by atoms with Crippen LogP contribution in [0.25, 0.3) is 6.08 Å². The van der Waals surface area contributed by atoms with Gasteiger partial charge in [0.1, 0.15) is 5.75 Å². The van der Waals surface area contributed by atoms with Crippen molar-refractivity contribution in [3.05, 3.63) is 30.0 Å². The topological polar surface area (TPSA) is 40.6 Å². The van der Waals surface area contributed by atoms with Crippen molar-refractivity contribution in [3.8, 4) is 5.75 Å². The lowest BCUT2D eigenvalue weighted by Gasteiger charge is -2.32. The van der Waals surface area contributed by atoms with Crippen LogP contribution in [0.4, 0.5) is 0 Å². The average Bonchev–Trinajstić information content (AvgIpc) is 2.57. The lowest BCUT2D eigenvalue weighted by atomic mass is 9.89. The van der Waals surface area contributed by atoms with Gasteiger partial charge >= 0.3 is 7.12 Å². The minimum atomic E-state index is -0.345. The second-order valence-corrected chi connectivity index (χ2v) is 5.83. The van der Waals surface area contributed by atoms with Gasteiger partial charge < -0.3 is 14.0 Å². The molecular weight excluding hydrogens is 253 g/mol. The first-order valence-corrected chi connectivity index (χ1v) is 6.96. The summed E-state index contributed by atoms with van der Waals surface area (Å²) in [4.78, 5) is 4.07. The molecule has 2 rings (SSSR count).